The van der Waals surface area contributed by atoms with Gasteiger partial charge in [-0.2, -0.15) is 0 Å². The van der Waals surface area contributed by atoms with Gasteiger partial charge in [0.2, 0.25) is 0 Å². The van der Waals surface area contributed by atoms with Crippen LogP contribution < -0.4 is 5.73 Å². The maximum Gasteiger partial charge on any atom is 0.408 e. The maximum absolute atomic E-state index is 11.4. The molecule has 4 heteroatoms. The summed E-state index contributed by atoms with van der Waals surface area (Å²) < 4.78 is 0. The van der Waals surface area contributed by atoms with E-state index in [0.717, 1.165) is 5.56 Å². The first-order chi connectivity index (χ1) is 8.36. The van der Waals surface area contributed by atoms with Gasteiger partial charge in [-0.15, -0.1) is 0 Å². The Morgan fingerprint density at radius 3 is 2.28 bits per heavy atom. The van der Waals surface area contributed by atoms with E-state index in [9.17, 15) is 9.90 Å². The van der Waals surface area contributed by atoms with Gasteiger partial charge in [-0.25, -0.2) is 4.79 Å². The minimum absolute atomic E-state index is 0.204. The molecule has 0 fully saturated rings. The predicted molar refractivity (Wildman–Crippen MR) is 72.6 cm³/mol. The second-order valence-electron chi connectivity index (χ2n) is 5.40. The molecule has 1 aromatic carbocycles. The van der Waals surface area contributed by atoms with Crippen molar-refractivity contribution in [2.75, 3.05) is 6.54 Å². The van der Waals surface area contributed by atoms with E-state index >= 15 is 0 Å². The number of hydrogen-bond donors (Lipinski definition) is 2. The monoisotopic (exact) mass is 250 g/mol. The van der Waals surface area contributed by atoms with E-state index < -0.39 is 11.6 Å². The van der Waals surface area contributed by atoms with Crippen LogP contribution in [0.2, 0.25) is 0 Å². The third-order valence-corrected chi connectivity index (χ3v) is 2.88. The van der Waals surface area contributed by atoms with Gasteiger partial charge in [0.05, 0.1) is 6.04 Å². The molecule has 0 spiro atoms. The summed E-state index contributed by atoms with van der Waals surface area (Å²) in [6.45, 7) is 5.97. The van der Waals surface area contributed by atoms with Crippen molar-refractivity contribution < 1.29 is 9.90 Å². The SMILES string of the molecule is CC(C)(C)N(C(=O)O)[C@@H](CN)Cc1ccccc1. The molecule has 0 aliphatic rings. The number of nitrogens with two attached hydrogens (primary N) is 1. The summed E-state index contributed by atoms with van der Waals surface area (Å²) in [5.41, 5.74) is 6.40. The van der Waals surface area contributed by atoms with Crippen molar-refractivity contribution in [3.63, 3.8) is 0 Å². The van der Waals surface area contributed by atoms with E-state index in [-0.39, 0.29) is 6.04 Å². The van der Waals surface area contributed by atoms with Crippen LogP contribution in [0.5, 0.6) is 0 Å². The molecule has 0 aliphatic carbocycles. The lowest BCUT2D eigenvalue weighted by molar-refractivity contribution is 0.0724. The van der Waals surface area contributed by atoms with Crippen molar-refractivity contribution in [3.05, 3.63) is 35.9 Å². The Hall–Kier alpha value is -1.55. The number of hydrogen-bond acceptors (Lipinski definition) is 2. The van der Waals surface area contributed by atoms with Crippen molar-refractivity contribution in [2.24, 2.45) is 5.73 Å². The molecule has 1 atom stereocenters. The van der Waals surface area contributed by atoms with Crippen LogP contribution >= 0.6 is 0 Å². The fourth-order valence-electron chi connectivity index (χ4n) is 2.16. The van der Waals surface area contributed by atoms with E-state index in [4.69, 9.17) is 5.73 Å². The smallest absolute Gasteiger partial charge is 0.408 e. The highest BCUT2D eigenvalue weighted by molar-refractivity contribution is 5.66. The average Bonchev–Trinajstić information content (AvgIpc) is 2.27. The van der Waals surface area contributed by atoms with Gasteiger partial charge in [0, 0.05) is 12.1 Å². The highest BCUT2D eigenvalue weighted by atomic mass is 16.4. The zero-order valence-corrected chi connectivity index (χ0v) is 11.3. The van der Waals surface area contributed by atoms with Gasteiger partial charge in [-0.3, -0.25) is 4.90 Å². The molecule has 1 amide bonds. The molecule has 0 aromatic heterocycles. The third kappa shape index (κ3) is 3.74. The highest BCUT2D eigenvalue weighted by Gasteiger charge is 2.32. The van der Waals surface area contributed by atoms with Gasteiger partial charge in [-0.05, 0) is 32.8 Å². The van der Waals surface area contributed by atoms with Gasteiger partial charge in [0.15, 0.2) is 0 Å². The van der Waals surface area contributed by atoms with Crippen LogP contribution in [0.4, 0.5) is 4.79 Å². The van der Waals surface area contributed by atoms with Crippen LogP contribution in [0.1, 0.15) is 26.3 Å². The third-order valence-electron chi connectivity index (χ3n) is 2.88. The molecule has 0 radical (unpaired) electrons. The van der Waals surface area contributed by atoms with Gasteiger partial charge >= 0.3 is 6.09 Å². The minimum atomic E-state index is -0.922. The van der Waals surface area contributed by atoms with Gasteiger partial charge < -0.3 is 10.8 Å². The van der Waals surface area contributed by atoms with Crippen molar-refractivity contribution >= 4 is 6.09 Å². The zero-order valence-electron chi connectivity index (χ0n) is 11.3. The number of carboxylic acid groups (broad SMARTS) is 1. The fourth-order valence-corrected chi connectivity index (χ4v) is 2.16. The summed E-state index contributed by atoms with van der Waals surface area (Å²) in [5, 5.41) is 9.36. The lowest BCUT2D eigenvalue weighted by atomic mass is 9.98. The van der Waals surface area contributed by atoms with Crippen LogP contribution in [-0.2, 0) is 6.42 Å². The standard InChI is InChI=1S/C14H22N2O2/c1-14(2,3)16(13(17)18)12(10-15)9-11-7-5-4-6-8-11/h4-8,12H,9-10,15H2,1-3H3,(H,17,18)/t12-/m1/s1. The Balaban J connectivity index is 2.90. The number of amides is 1. The van der Waals surface area contributed by atoms with E-state index in [0.29, 0.717) is 13.0 Å². The van der Waals surface area contributed by atoms with Crippen LogP contribution in [0.3, 0.4) is 0 Å². The van der Waals surface area contributed by atoms with E-state index in [1.807, 2.05) is 51.1 Å². The summed E-state index contributed by atoms with van der Waals surface area (Å²) >= 11 is 0. The van der Waals surface area contributed by atoms with Crippen LogP contribution in [0, 0.1) is 0 Å². The second kappa shape index (κ2) is 5.87. The molecular weight excluding hydrogens is 228 g/mol. The zero-order chi connectivity index (χ0) is 13.8. The molecule has 0 heterocycles. The molecule has 0 aliphatic heterocycles. The molecule has 0 saturated carbocycles. The molecule has 1 rings (SSSR count). The lowest BCUT2D eigenvalue weighted by Crippen LogP contribution is -2.54. The first-order valence-corrected chi connectivity index (χ1v) is 6.12. The van der Waals surface area contributed by atoms with Gasteiger partial charge in [0.1, 0.15) is 0 Å². The van der Waals surface area contributed by atoms with E-state index in [2.05, 4.69) is 0 Å². The van der Waals surface area contributed by atoms with Crippen molar-refractivity contribution in [1.29, 1.82) is 0 Å². The molecule has 0 unspecified atom stereocenters. The van der Waals surface area contributed by atoms with Crippen molar-refractivity contribution in [1.82, 2.24) is 4.90 Å². The molecule has 18 heavy (non-hydrogen) atoms. The van der Waals surface area contributed by atoms with Gasteiger partial charge in [0.25, 0.3) is 0 Å². The summed E-state index contributed by atoms with van der Waals surface area (Å²) in [6, 6.07) is 9.62. The van der Waals surface area contributed by atoms with Crippen LogP contribution in [0.15, 0.2) is 30.3 Å². The topological polar surface area (TPSA) is 66.6 Å². The Morgan fingerprint density at radius 1 is 1.33 bits per heavy atom. The average molecular weight is 250 g/mol. The first-order valence-electron chi connectivity index (χ1n) is 6.12. The normalized spacial score (nSPS) is 13.1. The minimum Gasteiger partial charge on any atom is -0.465 e. The van der Waals surface area contributed by atoms with Gasteiger partial charge in [-0.1, -0.05) is 30.3 Å². The van der Waals surface area contributed by atoms with E-state index in [1.54, 1.807) is 0 Å². The Kier molecular flexibility index (Phi) is 4.73. The summed E-state index contributed by atoms with van der Waals surface area (Å²) in [4.78, 5) is 12.9. The number of carbonyl (C=O) groups is 1. The summed E-state index contributed by atoms with van der Waals surface area (Å²) in [5.74, 6) is 0. The Labute approximate surface area is 108 Å². The van der Waals surface area contributed by atoms with Crippen molar-refractivity contribution in [3.8, 4) is 0 Å². The second-order valence-corrected chi connectivity index (χ2v) is 5.40. The molecular formula is C14H22N2O2. The largest absolute Gasteiger partial charge is 0.465 e. The molecule has 100 valence electrons. The number of rotatable bonds is 4. The van der Waals surface area contributed by atoms with Crippen LogP contribution in [0.25, 0.3) is 0 Å². The molecule has 1 aromatic rings. The molecule has 0 bridgehead atoms. The number of nitrogens with zero attached hydrogens (tertiary/aromatic N) is 1. The van der Waals surface area contributed by atoms with Crippen molar-refractivity contribution in [2.45, 2.75) is 38.8 Å². The highest BCUT2D eigenvalue weighted by Crippen LogP contribution is 2.19. The number of benzene rings is 1. The summed E-state index contributed by atoms with van der Waals surface area (Å²) in [6.07, 6.45) is -0.283. The maximum atomic E-state index is 11.4. The van der Waals surface area contributed by atoms with E-state index in [1.165, 1.54) is 4.90 Å². The fraction of sp³-hybridized carbons (Fsp3) is 0.500. The quantitative estimate of drug-likeness (QED) is 0.862. The predicted octanol–water partition coefficient (Wildman–Crippen LogP) is 2.33. The molecule has 3 N–H and O–H groups in total. The Bertz CT molecular complexity index is 385. The summed E-state index contributed by atoms with van der Waals surface area (Å²) in [7, 11) is 0. The lowest BCUT2D eigenvalue weighted by Gasteiger charge is -2.39. The molecule has 4 nitrogen and oxygen atoms in total. The Morgan fingerprint density at radius 2 is 1.89 bits per heavy atom. The first kappa shape index (κ1) is 14.5. The molecule has 0 saturated heterocycles. The van der Waals surface area contributed by atoms with Crippen LogP contribution in [-0.4, -0.2) is 34.2 Å².